The Hall–Kier alpha value is -1.82. The van der Waals surface area contributed by atoms with Crippen LogP contribution in [0.25, 0.3) is 0 Å². The van der Waals surface area contributed by atoms with Gasteiger partial charge in [0.2, 0.25) is 0 Å². The first-order valence-corrected chi connectivity index (χ1v) is 7.87. The molecular weight excluding hydrogens is 377 g/mol. The molecule has 0 heterocycles. The van der Waals surface area contributed by atoms with Gasteiger partial charge >= 0.3 is 0 Å². The van der Waals surface area contributed by atoms with Crippen LogP contribution in [0, 0.1) is 0 Å². The van der Waals surface area contributed by atoms with E-state index in [2.05, 4.69) is 5.32 Å². The van der Waals surface area contributed by atoms with Gasteiger partial charge in [-0.2, -0.15) is 0 Å². The molecule has 128 valence electrons. The van der Waals surface area contributed by atoms with Crippen molar-refractivity contribution in [2.75, 3.05) is 26.1 Å². The molecule has 0 aliphatic rings. The number of nitrogens with one attached hydrogen (secondary N) is 1. The van der Waals surface area contributed by atoms with Crippen molar-refractivity contribution in [3.05, 3.63) is 45.4 Å². The molecule has 0 atom stereocenters. The Morgan fingerprint density at radius 1 is 1.04 bits per heavy atom. The molecule has 2 aromatic carbocycles. The van der Waals surface area contributed by atoms with E-state index in [1.165, 1.54) is 19.2 Å². The maximum atomic E-state index is 12.1. The second-order valence-electron chi connectivity index (χ2n) is 4.60. The molecule has 0 unspecified atom stereocenters. The Bertz CT molecular complexity index is 729. The fourth-order valence-corrected chi connectivity index (χ4v) is 2.82. The number of carbonyl (C=O) groups is 1. The van der Waals surface area contributed by atoms with E-state index in [0.717, 1.165) is 0 Å². The third kappa shape index (κ3) is 4.60. The maximum absolute atomic E-state index is 12.1. The van der Waals surface area contributed by atoms with Crippen molar-refractivity contribution in [3.8, 4) is 17.2 Å². The molecule has 0 spiro atoms. The van der Waals surface area contributed by atoms with Crippen molar-refractivity contribution in [3.63, 3.8) is 0 Å². The molecule has 0 aliphatic carbocycles. The van der Waals surface area contributed by atoms with Gasteiger partial charge in [0, 0.05) is 11.1 Å². The Balaban J connectivity index is 2.04. The molecule has 1 amide bonds. The Morgan fingerprint density at radius 2 is 1.71 bits per heavy atom. The summed E-state index contributed by atoms with van der Waals surface area (Å²) in [6, 6.07) is 7.98. The second-order valence-corrected chi connectivity index (χ2v) is 5.85. The predicted octanol–water partition coefficient (Wildman–Crippen LogP) is 4.68. The predicted molar refractivity (Wildman–Crippen MR) is 95.1 cm³/mol. The number of ether oxygens (including phenoxy) is 3. The van der Waals surface area contributed by atoms with Crippen molar-refractivity contribution in [2.24, 2.45) is 0 Å². The van der Waals surface area contributed by atoms with E-state index in [0.29, 0.717) is 22.2 Å². The molecule has 0 aromatic heterocycles. The molecule has 0 bridgehead atoms. The summed E-state index contributed by atoms with van der Waals surface area (Å²) in [5, 5.41) is 3.50. The van der Waals surface area contributed by atoms with Crippen molar-refractivity contribution in [1.29, 1.82) is 0 Å². The van der Waals surface area contributed by atoms with Gasteiger partial charge in [-0.15, -0.1) is 0 Å². The van der Waals surface area contributed by atoms with E-state index in [9.17, 15) is 4.79 Å². The number of amides is 1. The number of methoxy groups -OCH3 is 2. The van der Waals surface area contributed by atoms with Gasteiger partial charge < -0.3 is 19.5 Å². The van der Waals surface area contributed by atoms with Crippen LogP contribution in [0.15, 0.2) is 30.3 Å². The van der Waals surface area contributed by atoms with Gasteiger partial charge in [0.25, 0.3) is 5.91 Å². The third-order valence-corrected chi connectivity index (χ3v) is 3.77. The van der Waals surface area contributed by atoms with Crippen LogP contribution in [0.5, 0.6) is 17.2 Å². The summed E-state index contributed by atoms with van der Waals surface area (Å²) in [6.07, 6.45) is 0. The van der Waals surface area contributed by atoms with Gasteiger partial charge in [0.05, 0.1) is 30.0 Å². The lowest BCUT2D eigenvalue weighted by molar-refractivity contribution is -0.118. The number of hydrogen-bond donors (Lipinski definition) is 1. The molecule has 0 saturated heterocycles. The first-order valence-electron chi connectivity index (χ1n) is 6.73. The number of benzene rings is 2. The van der Waals surface area contributed by atoms with Crippen molar-refractivity contribution in [1.82, 2.24) is 0 Å². The topological polar surface area (TPSA) is 56.8 Å². The van der Waals surface area contributed by atoms with Crippen LogP contribution in [-0.4, -0.2) is 26.7 Å². The molecule has 0 radical (unpaired) electrons. The number of carbonyl (C=O) groups excluding carboxylic acids is 1. The van der Waals surface area contributed by atoms with Gasteiger partial charge in [0.15, 0.2) is 12.4 Å². The fraction of sp³-hybridized carbons (Fsp3) is 0.188. The van der Waals surface area contributed by atoms with Gasteiger partial charge in [-0.25, -0.2) is 0 Å². The molecule has 24 heavy (non-hydrogen) atoms. The average molecular weight is 391 g/mol. The first-order chi connectivity index (χ1) is 11.4. The van der Waals surface area contributed by atoms with Crippen LogP contribution in [0.2, 0.25) is 15.1 Å². The molecule has 0 saturated carbocycles. The van der Waals surface area contributed by atoms with Crippen LogP contribution >= 0.6 is 34.8 Å². The summed E-state index contributed by atoms with van der Waals surface area (Å²) in [7, 11) is 3.04. The Morgan fingerprint density at radius 3 is 2.29 bits per heavy atom. The van der Waals surface area contributed by atoms with Crippen LogP contribution in [0.3, 0.4) is 0 Å². The number of hydrogen-bond acceptors (Lipinski definition) is 4. The van der Waals surface area contributed by atoms with E-state index in [1.54, 1.807) is 25.3 Å². The van der Waals surface area contributed by atoms with Crippen molar-refractivity contribution in [2.45, 2.75) is 0 Å². The van der Waals surface area contributed by atoms with E-state index in [-0.39, 0.29) is 22.4 Å². The number of rotatable bonds is 6. The van der Waals surface area contributed by atoms with E-state index in [4.69, 9.17) is 49.0 Å². The summed E-state index contributed by atoms with van der Waals surface area (Å²) in [5.74, 6) is 0.867. The summed E-state index contributed by atoms with van der Waals surface area (Å²) < 4.78 is 15.7. The van der Waals surface area contributed by atoms with E-state index < -0.39 is 5.91 Å². The summed E-state index contributed by atoms with van der Waals surface area (Å²) in [4.78, 5) is 12.1. The van der Waals surface area contributed by atoms with Crippen molar-refractivity contribution >= 4 is 46.4 Å². The highest BCUT2D eigenvalue weighted by molar-refractivity contribution is 6.40. The lowest BCUT2D eigenvalue weighted by Gasteiger charge is -2.13. The number of halogens is 3. The highest BCUT2D eigenvalue weighted by Gasteiger charge is 2.13. The van der Waals surface area contributed by atoms with Gasteiger partial charge in [-0.05, 0) is 24.3 Å². The zero-order valence-corrected chi connectivity index (χ0v) is 15.1. The Kier molecular flexibility index (Phi) is 6.43. The van der Waals surface area contributed by atoms with Crippen molar-refractivity contribution < 1.29 is 19.0 Å². The van der Waals surface area contributed by atoms with Gasteiger partial charge in [-0.3, -0.25) is 4.79 Å². The summed E-state index contributed by atoms with van der Waals surface area (Å²) >= 11 is 17.8. The zero-order chi connectivity index (χ0) is 17.7. The summed E-state index contributed by atoms with van der Waals surface area (Å²) in [6.45, 7) is -0.281. The van der Waals surface area contributed by atoms with Gasteiger partial charge in [-0.1, -0.05) is 34.8 Å². The minimum Gasteiger partial charge on any atom is -0.497 e. The molecule has 1 N–H and O–H groups in total. The van der Waals surface area contributed by atoms with Crippen LogP contribution in [0.4, 0.5) is 5.69 Å². The minimum absolute atomic E-state index is 0.194. The quantitative estimate of drug-likeness (QED) is 0.778. The Labute approximate surface area is 154 Å². The maximum Gasteiger partial charge on any atom is 0.262 e. The molecule has 2 rings (SSSR count). The monoisotopic (exact) mass is 389 g/mol. The smallest absolute Gasteiger partial charge is 0.262 e. The second kappa shape index (κ2) is 8.33. The molecule has 2 aromatic rings. The van der Waals surface area contributed by atoms with Crippen LogP contribution in [-0.2, 0) is 4.79 Å². The van der Waals surface area contributed by atoms with Gasteiger partial charge in [0.1, 0.15) is 11.5 Å². The normalized spacial score (nSPS) is 10.2. The van der Waals surface area contributed by atoms with Crippen LogP contribution in [0.1, 0.15) is 0 Å². The minimum atomic E-state index is -0.402. The molecular formula is C16H14Cl3NO4. The average Bonchev–Trinajstić information content (AvgIpc) is 2.54. The molecule has 5 nitrogen and oxygen atoms in total. The van der Waals surface area contributed by atoms with Crippen LogP contribution < -0.4 is 19.5 Å². The first kappa shape index (κ1) is 18.5. The van der Waals surface area contributed by atoms with E-state index >= 15 is 0 Å². The molecule has 8 heteroatoms. The fourth-order valence-electron chi connectivity index (χ4n) is 1.89. The highest BCUT2D eigenvalue weighted by Crippen LogP contribution is 2.36. The largest absolute Gasteiger partial charge is 0.497 e. The SMILES string of the molecule is COc1ccc(NC(=O)COc2c(Cl)cc(Cl)cc2Cl)c(OC)c1. The lowest BCUT2D eigenvalue weighted by atomic mass is 10.2. The van der Waals surface area contributed by atoms with E-state index in [1.807, 2.05) is 0 Å². The standard InChI is InChI=1S/C16H14Cl3NO4/c1-22-10-3-4-13(14(7-10)23-2)20-15(21)8-24-16-11(18)5-9(17)6-12(16)19/h3-7H,8H2,1-2H3,(H,20,21). The highest BCUT2D eigenvalue weighted by atomic mass is 35.5. The molecule has 0 aliphatic heterocycles. The lowest BCUT2D eigenvalue weighted by Crippen LogP contribution is -2.20. The third-order valence-electron chi connectivity index (χ3n) is 2.99. The zero-order valence-electron chi connectivity index (χ0n) is 12.9. The number of anilines is 1. The molecule has 0 fully saturated rings. The summed E-state index contributed by atoms with van der Waals surface area (Å²) in [5.41, 5.74) is 0.486.